The first kappa shape index (κ1) is 14.1. The number of rotatable bonds is 5. The predicted molar refractivity (Wildman–Crippen MR) is 66.9 cm³/mol. The summed E-state index contributed by atoms with van der Waals surface area (Å²) in [5.74, 6) is -2.01. The Labute approximate surface area is 109 Å². The van der Waals surface area contributed by atoms with Gasteiger partial charge in [0.05, 0.1) is 5.56 Å². The zero-order valence-electron chi connectivity index (χ0n) is 9.47. The van der Waals surface area contributed by atoms with Crippen molar-refractivity contribution in [3.63, 3.8) is 0 Å². The molecule has 1 rings (SSSR count). The monoisotopic (exact) mass is 269 g/mol. The van der Waals surface area contributed by atoms with Gasteiger partial charge < -0.3 is 15.1 Å². The van der Waals surface area contributed by atoms with Crippen LogP contribution in [0, 0.1) is 0 Å². The van der Waals surface area contributed by atoms with E-state index in [0.717, 1.165) is 4.90 Å². The largest absolute Gasteiger partial charge is 0.507 e. The van der Waals surface area contributed by atoms with Crippen LogP contribution in [0.3, 0.4) is 0 Å². The molecule has 0 saturated heterocycles. The molecule has 0 aromatic heterocycles. The number of phenolic OH excluding ortho intramolecular Hbond substituents is 1. The Morgan fingerprint density at radius 3 is 2.67 bits per heavy atom. The van der Waals surface area contributed by atoms with E-state index < -0.39 is 18.4 Å². The number of hydrogen-bond donors (Lipinski definition) is 2. The van der Waals surface area contributed by atoms with E-state index in [-0.39, 0.29) is 22.9 Å². The number of amides is 1. The first-order chi connectivity index (χ1) is 8.45. The van der Waals surface area contributed by atoms with E-state index in [1.54, 1.807) is 0 Å². The number of carbonyl (C=O) groups excluding carboxylic acids is 1. The third kappa shape index (κ3) is 3.49. The molecule has 0 saturated carbocycles. The minimum Gasteiger partial charge on any atom is -0.507 e. The quantitative estimate of drug-likeness (QED) is 0.799. The molecule has 1 aromatic carbocycles. The third-order valence-electron chi connectivity index (χ3n) is 2.15. The van der Waals surface area contributed by atoms with E-state index >= 15 is 0 Å². The molecule has 0 aliphatic carbocycles. The molecular formula is C12H12ClNO4. The standard InChI is InChI=1S/C12H12ClNO4/c1-2-5-14(7-11(16)17)12(18)9-6-8(13)3-4-10(9)15/h2-4,6,15H,1,5,7H2,(H,16,17). The molecule has 5 nitrogen and oxygen atoms in total. The summed E-state index contributed by atoms with van der Waals surface area (Å²) >= 11 is 5.73. The summed E-state index contributed by atoms with van der Waals surface area (Å²) in [5.41, 5.74) is -0.0365. The highest BCUT2D eigenvalue weighted by molar-refractivity contribution is 6.31. The van der Waals surface area contributed by atoms with Crippen molar-refractivity contribution >= 4 is 23.5 Å². The molecule has 0 atom stereocenters. The molecular weight excluding hydrogens is 258 g/mol. The van der Waals surface area contributed by atoms with Gasteiger partial charge in [-0.05, 0) is 18.2 Å². The highest BCUT2D eigenvalue weighted by atomic mass is 35.5. The van der Waals surface area contributed by atoms with Crippen LogP contribution in [0.5, 0.6) is 5.75 Å². The van der Waals surface area contributed by atoms with Crippen molar-refractivity contribution in [2.75, 3.05) is 13.1 Å². The van der Waals surface area contributed by atoms with E-state index in [1.165, 1.54) is 24.3 Å². The minimum atomic E-state index is -1.15. The van der Waals surface area contributed by atoms with Gasteiger partial charge in [0.2, 0.25) is 0 Å². The van der Waals surface area contributed by atoms with Gasteiger partial charge in [0.25, 0.3) is 5.91 Å². The smallest absolute Gasteiger partial charge is 0.323 e. The van der Waals surface area contributed by atoms with E-state index in [9.17, 15) is 14.7 Å². The van der Waals surface area contributed by atoms with Crippen LogP contribution in [-0.4, -0.2) is 40.1 Å². The number of aliphatic carboxylic acids is 1. The molecule has 0 spiro atoms. The number of phenols is 1. The van der Waals surface area contributed by atoms with Crippen molar-refractivity contribution in [2.24, 2.45) is 0 Å². The molecule has 6 heteroatoms. The van der Waals surface area contributed by atoms with Crippen molar-refractivity contribution in [1.82, 2.24) is 4.90 Å². The Balaban J connectivity index is 3.04. The fourth-order valence-corrected chi connectivity index (χ4v) is 1.56. The average Bonchev–Trinajstić information content (AvgIpc) is 2.30. The minimum absolute atomic E-state index is 0.0365. The lowest BCUT2D eigenvalue weighted by atomic mass is 10.1. The maximum atomic E-state index is 12.0. The molecule has 1 aromatic rings. The average molecular weight is 270 g/mol. The summed E-state index contributed by atoms with van der Waals surface area (Å²) in [7, 11) is 0. The number of benzene rings is 1. The van der Waals surface area contributed by atoms with E-state index in [2.05, 4.69) is 6.58 Å². The second-order valence-corrected chi connectivity index (χ2v) is 3.97. The van der Waals surface area contributed by atoms with Crippen molar-refractivity contribution in [3.8, 4) is 5.75 Å². The van der Waals surface area contributed by atoms with E-state index in [0.29, 0.717) is 0 Å². The molecule has 0 fully saturated rings. The highest BCUT2D eigenvalue weighted by Gasteiger charge is 2.20. The summed E-state index contributed by atoms with van der Waals surface area (Å²) in [6.07, 6.45) is 1.41. The van der Waals surface area contributed by atoms with Crippen LogP contribution in [0.15, 0.2) is 30.9 Å². The lowest BCUT2D eigenvalue weighted by Gasteiger charge is -2.19. The Morgan fingerprint density at radius 1 is 1.44 bits per heavy atom. The number of carboxylic acids is 1. The van der Waals surface area contributed by atoms with Crippen LogP contribution in [0.4, 0.5) is 0 Å². The van der Waals surface area contributed by atoms with Gasteiger partial charge in [0.1, 0.15) is 12.3 Å². The molecule has 0 unspecified atom stereocenters. The normalized spacial score (nSPS) is 9.83. The van der Waals surface area contributed by atoms with Crippen molar-refractivity contribution < 1.29 is 19.8 Å². The molecule has 0 radical (unpaired) electrons. The van der Waals surface area contributed by atoms with Gasteiger partial charge in [0.15, 0.2) is 0 Å². The number of nitrogens with zero attached hydrogens (tertiary/aromatic N) is 1. The number of hydrogen-bond acceptors (Lipinski definition) is 3. The van der Waals surface area contributed by atoms with Crippen molar-refractivity contribution in [1.29, 1.82) is 0 Å². The molecule has 2 N–H and O–H groups in total. The van der Waals surface area contributed by atoms with Gasteiger partial charge in [-0.15, -0.1) is 6.58 Å². The van der Waals surface area contributed by atoms with Crippen molar-refractivity contribution in [2.45, 2.75) is 0 Å². The van der Waals surface area contributed by atoms with E-state index in [1.807, 2.05) is 0 Å². The summed E-state index contributed by atoms with van der Waals surface area (Å²) in [6.45, 7) is 3.04. The Morgan fingerprint density at radius 2 is 2.11 bits per heavy atom. The number of halogens is 1. The topological polar surface area (TPSA) is 77.8 Å². The fourth-order valence-electron chi connectivity index (χ4n) is 1.39. The summed E-state index contributed by atoms with van der Waals surface area (Å²) in [5, 5.41) is 18.6. The third-order valence-corrected chi connectivity index (χ3v) is 2.39. The van der Waals surface area contributed by atoms with E-state index in [4.69, 9.17) is 16.7 Å². The lowest BCUT2D eigenvalue weighted by Crippen LogP contribution is -2.35. The molecule has 0 heterocycles. The van der Waals surface area contributed by atoms with Crippen LogP contribution >= 0.6 is 11.6 Å². The van der Waals surface area contributed by atoms with Gasteiger partial charge >= 0.3 is 5.97 Å². The maximum Gasteiger partial charge on any atom is 0.323 e. The first-order valence-corrected chi connectivity index (χ1v) is 5.44. The predicted octanol–water partition coefficient (Wildman–Crippen LogP) is 1.76. The number of aromatic hydroxyl groups is 1. The SMILES string of the molecule is C=CCN(CC(=O)O)C(=O)c1cc(Cl)ccc1O. The van der Waals surface area contributed by atoms with Gasteiger partial charge in [-0.25, -0.2) is 0 Å². The van der Waals surface area contributed by atoms with Crippen molar-refractivity contribution in [3.05, 3.63) is 41.4 Å². The highest BCUT2D eigenvalue weighted by Crippen LogP contribution is 2.22. The Hall–Kier alpha value is -2.01. The summed E-state index contributed by atoms with van der Waals surface area (Å²) in [4.78, 5) is 23.7. The zero-order chi connectivity index (χ0) is 13.7. The molecule has 0 aliphatic rings. The lowest BCUT2D eigenvalue weighted by molar-refractivity contribution is -0.137. The Bertz CT molecular complexity index is 487. The summed E-state index contributed by atoms with van der Waals surface area (Å²) < 4.78 is 0. The van der Waals surface area contributed by atoms with Crippen LogP contribution in [-0.2, 0) is 4.79 Å². The fraction of sp³-hybridized carbons (Fsp3) is 0.167. The number of carbonyl (C=O) groups is 2. The second-order valence-electron chi connectivity index (χ2n) is 3.53. The molecule has 1 amide bonds. The maximum absolute atomic E-state index is 12.0. The van der Waals surface area contributed by atoms with Gasteiger partial charge in [-0.2, -0.15) is 0 Å². The molecule has 18 heavy (non-hydrogen) atoms. The van der Waals surface area contributed by atoms with Crippen LogP contribution in [0.25, 0.3) is 0 Å². The van der Waals surface area contributed by atoms with Gasteiger partial charge in [-0.3, -0.25) is 9.59 Å². The summed E-state index contributed by atoms with van der Waals surface area (Å²) in [6, 6.07) is 4.00. The molecule has 0 aliphatic heterocycles. The van der Waals surface area contributed by atoms with Crippen LogP contribution in [0.2, 0.25) is 5.02 Å². The van der Waals surface area contributed by atoms with Crippen LogP contribution in [0.1, 0.15) is 10.4 Å². The first-order valence-electron chi connectivity index (χ1n) is 5.06. The number of carboxylic acid groups (broad SMARTS) is 1. The van der Waals surface area contributed by atoms with Gasteiger partial charge in [0, 0.05) is 11.6 Å². The molecule has 0 bridgehead atoms. The second kappa shape index (κ2) is 6.07. The molecule has 96 valence electrons. The Kier molecular flexibility index (Phi) is 4.74. The zero-order valence-corrected chi connectivity index (χ0v) is 10.2. The van der Waals surface area contributed by atoms with Crippen LogP contribution < -0.4 is 0 Å². The van der Waals surface area contributed by atoms with Gasteiger partial charge in [-0.1, -0.05) is 17.7 Å².